The van der Waals surface area contributed by atoms with E-state index in [0.717, 1.165) is 26.2 Å². The molecule has 0 heterocycles. The molecule has 0 rings (SSSR count). The van der Waals surface area contributed by atoms with Gasteiger partial charge in [0.25, 0.3) is 0 Å². The van der Waals surface area contributed by atoms with E-state index in [1.54, 1.807) is 0 Å². The summed E-state index contributed by atoms with van der Waals surface area (Å²) in [5, 5.41) is 0. The maximum atomic E-state index is 6.63. The molecule has 0 aromatic rings. The molecule has 21 heavy (non-hydrogen) atoms. The second-order valence-corrected chi connectivity index (χ2v) is 9.65. The third-order valence-electron chi connectivity index (χ3n) is 2.96. The van der Waals surface area contributed by atoms with Gasteiger partial charge in [-0.25, -0.2) is 0 Å². The first-order valence-corrected chi connectivity index (χ1v) is 9.80. The Bertz CT molecular complexity index is 260. The van der Waals surface area contributed by atoms with E-state index in [1.807, 2.05) is 0 Å². The van der Waals surface area contributed by atoms with E-state index in [-0.39, 0.29) is 11.2 Å². The zero-order valence-electron chi connectivity index (χ0n) is 16.0. The van der Waals surface area contributed by atoms with Crippen molar-refractivity contribution in [2.75, 3.05) is 26.2 Å². The van der Waals surface area contributed by atoms with Crippen molar-refractivity contribution < 1.29 is 9.05 Å². The van der Waals surface area contributed by atoms with E-state index in [4.69, 9.17) is 9.05 Å². The molecule has 0 bridgehead atoms. The molecule has 0 spiro atoms. The second kappa shape index (κ2) is 8.21. The van der Waals surface area contributed by atoms with E-state index in [1.165, 1.54) is 0 Å². The zero-order chi connectivity index (χ0) is 16.9. The average Bonchev–Trinajstić information content (AvgIpc) is 2.27. The molecule has 0 saturated heterocycles. The van der Waals surface area contributed by atoms with Gasteiger partial charge in [-0.15, -0.1) is 9.34 Å². The van der Waals surface area contributed by atoms with Gasteiger partial charge in [0.2, 0.25) is 0 Å². The molecule has 4 nitrogen and oxygen atoms in total. The highest BCUT2D eigenvalue weighted by Crippen LogP contribution is 2.70. The quantitative estimate of drug-likeness (QED) is 0.589. The van der Waals surface area contributed by atoms with E-state index >= 15 is 0 Å². The summed E-state index contributed by atoms with van der Waals surface area (Å²) in [4.78, 5) is 0. The lowest BCUT2D eigenvalue weighted by Gasteiger charge is -2.42. The molecular formula is C16H38N2O2P+. The second-order valence-electron chi connectivity index (χ2n) is 7.18. The van der Waals surface area contributed by atoms with Crippen LogP contribution in [0.2, 0.25) is 0 Å². The molecule has 0 unspecified atom stereocenters. The Morgan fingerprint density at radius 3 is 1.00 bits per heavy atom. The molecule has 128 valence electrons. The Labute approximate surface area is 133 Å². The van der Waals surface area contributed by atoms with Crippen LogP contribution in [-0.4, -0.2) is 46.7 Å². The first kappa shape index (κ1) is 21.3. The maximum Gasteiger partial charge on any atom is 0.437 e. The van der Waals surface area contributed by atoms with Crippen LogP contribution in [0, 0.1) is 0 Å². The largest absolute Gasteiger partial charge is 0.437 e. The van der Waals surface area contributed by atoms with E-state index in [2.05, 4.69) is 78.6 Å². The van der Waals surface area contributed by atoms with Crippen LogP contribution in [0.3, 0.4) is 0 Å². The van der Waals surface area contributed by atoms with Gasteiger partial charge in [-0.1, -0.05) is 0 Å². The predicted molar refractivity (Wildman–Crippen MR) is 94.4 cm³/mol. The van der Waals surface area contributed by atoms with Crippen LogP contribution in [-0.2, 0) is 9.05 Å². The number of hydrogen-bond acceptors (Lipinski definition) is 4. The molecular weight excluding hydrogens is 283 g/mol. The smallest absolute Gasteiger partial charge is 0.166 e. The van der Waals surface area contributed by atoms with Crippen molar-refractivity contribution in [3.8, 4) is 0 Å². The van der Waals surface area contributed by atoms with Gasteiger partial charge < -0.3 is 0 Å². The minimum Gasteiger partial charge on any atom is -0.166 e. The Morgan fingerprint density at radius 1 is 0.619 bits per heavy atom. The molecule has 0 radical (unpaired) electrons. The van der Waals surface area contributed by atoms with Gasteiger partial charge in [-0.2, -0.15) is 9.05 Å². The molecule has 0 aliphatic carbocycles. The van der Waals surface area contributed by atoms with Crippen molar-refractivity contribution in [1.29, 1.82) is 0 Å². The van der Waals surface area contributed by atoms with Crippen LogP contribution >= 0.6 is 8.02 Å². The van der Waals surface area contributed by atoms with Gasteiger partial charge in [0.1, 0.15) is 11.2 Å². The monoisotopic (exact) mass is 321 g/mol. The molecule has 0 N–H and O–H groups in total. The SMILES string of the molecule is CCN(CC)[P+](OC(C)(C)C)(OC(C)(C)C)N(CC)CC. The highest BCUT2D eigenvalue weighted by atomic mass is 31.2. The van der Waals surface area contributed by atoms with Crippen molar-refractivity contribution in [1.82, 2.24) is 9.34 Å². The van der Waals surface area contributed by atoms with Crippen molar-refractivity contribution >= 4 is 8.02 Å². The standard InChI is InChI=1S/C16H38N2O2P/c1-11-17(12-2)21(18(13-3)14-4,19-15(5,6)7)20-16(8,9)10/h11-14H2,1-10H3/q+1. The van der Waals surface area contributed by atoms with Gasteiger partial charge in [-0.05, 0) is 69.2 Å². The van der Waals surface area contributed by atoms with Crippen molar-refractivity contribution in [2.45, 2.75) is 80.4 Å². The van der Waals surface area contributed by atoms with Gasteiger partial charge >= 0.3 is 8.02 Å². The number of rotatable bonds is 8. The molecule has 0 saturated carbocycles. The lowest BCUT2D eigenvalue weighted by molar-refractivity contribution is 0.0145. The number of hydrogen-bond donors (Lipinski definition) is 0. The van der Waals surface area contributed by atoms with E-state index in [0.29, 0.717) is 0 Å². The van der Waals surface area contributed by atoms with Crippen molar-refractivity contribution in [2.24, 2.45) is 0 Å². The van der Waals surface area contributed by atoms with Crippen molar-refractivity contribution in [3.05, 3.63) is 0 Å². The minimum atomic E-state index is -2.29. The topological polar surface area (TPSA) is 24.9 Å². The molecule has 0 aromatic carbocycles. The summed E-state index contributed by atoms with van der Waals surface area (Å²) >= 11 is 0. The molecule has 0 amide bonds. The molecule has 0 atom stereocenters. The lowest BCUT2D eigenvalue weighted by Crippen LogP contribution is -2.44. The summed E-state index contributed by atoms with van der Waals surface area (Å²) in [7, 11) is -2.29. The first-order chi connectivity index (χ1) is 9.45. The summed E-state index contributed by atoms with van der Waals surface area (Å²) in [6, 6.07) is 0. The fraction of sp³-hybridized carbons (Fsp3) is 1.00. The summed E-state index contributed by atoms with van der Waals surface area (Å²) in [5.74, 6) is 0. The fourth-order valence-corrected chi connectivity index (χ4v) is 6.02. The number of nitrogens with zero attached hydrogens (tertiary/aromatic N) is 2. The van der Waals surface area contributed by atoms with E-state index in [9.17, 15) is 0 Å². The normalized spacial score (nSPS) is 14.3. The maximum absolute atomic E-state index is 6.63. The Kier molecular flexibility index (Phi) is 8.32. The van der Waals surface area contributed by atoms with Gasteiger partial charge in [0.05, 0.1) is 0 Å². The summed E-state index contributed by atoms with van der Waals surface area (Å²) in [5.41, 5.74) is -0.492. The summed E-state index contributed by atoms with van der Waals surface area (Å²) in [6.45, 7) is 25.1. The molecule has 0 aliphatic rings. The average molecular weight is 321 g/mol. The Morgan fingerprint density at radius 2 is 0.857 bits per heavy atom. The van der Waals surface area contributed by atoms with Gasteiger partial charge in [-0.3, -0.25) is 0 Å². The van der Waals surface area contributed by atoms with Crippen LogP contribution in [0.5, 0.6) is 0 Å². The molecule has 5 heteroatoms. The molecule has 0 fully saturated rings. The Hall–Kier alpha value is 0.270. The Balaban J connectivity index is 5.91. The van der Waals surface area contributed by atoms with Crippen molar-refractivity contribution in [3.63, 3.8) is 0 Å². The molecule has 0 aliphatic heterocycles. The fourth-order valence-electron chi connectivity index (χ4n) is 2.30. The molecule has 0 aromatic heterocycles. The predicted octanol–water partition coefficient (Wildman–Crippen LogP) is 4.98. The first-order valence-electron chi connectivity index (χ1n) is 8.27. The third kappa shape index (κ3) is 6.50. The van der Waals surface area contributed by atoms with Crippen LogP contribution < -0.4 is 0 Å². The van der Waals surface area contributed by atoms with Crippen LogP contribution in [0.15, 0.2) is 0 Å². The highest BCUT2D eigenvalue weighted by molar-refractivity contribution is 7.61. The van der Waals surface area contributed by atoms with E-state index < -0.39 is 8.02 Å². The van der Waals surface area contributed by atoms with Crippen LogP contribution in [0.25, 0.3) is 0 Å². The third-order valence-corrected chi connectivity index (χ3v) is 7.09. The van der Waals surface area contributed by atoms with Gasteiger partial charge in [0, 0.05) is 26.2 Å². The zero-order valence-corrected chi connectivity index (χ0v) is 16.9. The minimum absolute atomic E-state index is 0.246. The summed E-state index contributed by atoms with van der Waals surface area (Å²) in [6.07, 6.45) is 0. The lowest BCUT2D eigenvalue weighted by atomic mass is 10.2. The summed E-state index contributed by atoms with van der Waals surface area (Å²) < 4.78 is 18.0. The highest BCUT2D eigenvalue weighted by Gasteiger charge is 2.59. The van der Waals surface area contributed by atoms with Crippen LogP contribution in [0.4, 0.5) is 0 Å². The van der Waals surface area contributed by atoms with Gasteiger partial charge in [0.15, 0.2) is 0 Å². The van der Waals surface area contributed by atoms with Crippen LogP contribution in [0.1, 0.15) is 69.2 Å².